The number of aryl methyl sites for hydroxylation is 1. The average molecular weight is 322 g/mol. The molecule has 1 N–H and O–H groups in total. The van der Waals surface area contributed by atoms with Gasteiger partial charge >= 0.3 is 0 Å². The van der Waals surface area contributed by atoms with Crippen LogP contribution in [-0.4, -0.2) is 17.6 Å². The fraction of sp³-hybridized carbons (Fsp3) is 0.211. The molecule has 23 heavy (non-hydrogen) atoms. The van der Waals surface area contributed by atoms with Crippen LogP contribution < -0.4 is 10.1 Å². The monoisotopic (exact) mass is 322 g/mol. The molecule has 0 bridgehead atoms. The summed E-state index contributed by atoms with van der Waals surface area (Å²) in [6, 6.07) is 16.6. The number of anilines is 1. The molecule has 0 aliphatic carbocycles. The van der Waals surface area contributed by atoms with E-state index in [0.29, 0.717) is 0 Å². The van der Waals surface area contributed by atoms with Crippen molar-refractivity contribution < 1.29 is 4.74 Å². The Morgan fingerprint density at radius 2 is 1.96 bits per heavy atom. The Kier molecular flexibility index (Phi) is 3.54. The number of aromatic nitrogens is 1. The van der Waals surface area contributed by atoms with Crippen molar-refractivity contribution >= 4 is 17.0 Å². The molecule has 2 heterocycles. The van der Waals surface area contributed by atoms with Crippen molar-refractivity contribution in [1.82, 2.24) is 4.98 Å². The normalized spacial score (nSPS) is 16.3. The first-order valence-corrected chi connectivity index (χ1v) is 8.60. The zero-order valence-corrected chi connectivity index (χ0v) is 14.0. The van der Waals surface area contributed by atoms with E-state index < -0.39 is 0 Å². The maximum atomic E-state index is 5.85. The van der Waals surface area contributed by atoms with E-state index in [1.165, 1.54) is 10.4 Å². The van der Waals surface area contributed by atoms with Gasteiger partial charge in [0.25, 0.3) is 0 Å². The van der Waals surface area contributed by atoms with E-state index in [9.17, 15) is 0 Å². The van der Waals surface area contributed by atoms with Crippen LogP contribution in [-0.2, 0) is 0 Å². The Labute approximate surface area is 140 Å². The third-order valence-corrected chi connectivity index (χ3v) is 5.00. The van der Waals surface area contributed by atoms with Crippen molar-refractivity contribution in [2.45, 2.75) is 20.0 Å². The van der Waals surface area contributed by atoms with Crippen LogP contribution in [0.4, 0.5) is 5.69 Å². The number of benzene rings is 2. The summed E-state index contributed by atoms with van der Waals surface area (Å²) in [6.07, 6.45) is 0.207. The number of hydrogen-bond donors (Lipinski definition) is 1. The summed E-state index contributed by atoms with van der Waals surface area (Å²) in [5.41, 5.74) is 4.40. The molecule has 1 atom stereocenters. The molecule has 0 saturated heterocycles. The van der Waals surface area contributed by atoms with Gasteiger partial charge in [0.2, 0.25) is 0 Å². The molecule has 0 saturated carbocycles. The molecular formula is C19H18N2OS. The first kappa shape index (κ1) is 14.3. The van der Waals surface area contributed by atoms with E-state index in [0.717, 1.165) is 34.2 Å². The highest BCUT2D eigenvalue weighted by Crippen LogP contribution is 2.37. The lowest BCUT2D eigenvalue weighted by atomic mass is 10.1. The highest BCUT2D eigenvalue weighted by atomic mass is 32.1. The highest BCUT2D eigenvalue weighted by molar-refractivity contribution is 7.15. The molecule has 4 heteroatoms. The Bertz CT molecular complexity index is 842. The lowest BCUT2D eigenvalue weighted by molar-refractivity contribution is 0.226. The number of nitrogens with zero attached hydrogens (tertiary/aromatic N) is 1. The van der Waals surface area contributed by atoms with Gasteiger partial charge in [-0.1, -0.05) is 30.3 Å². The quantitative estimate of drug-likeness (QED) is 0.722. The predicted molar refractivity (Wildman–Crippen MR) is 96.3 cm³/mol. The molecule has 3 aromatic rings. The van der Waals surface area contributed by atoms with Gasteiger partial charge in [0.15, 0.2) is 0 Å². The molecular weight excluding hydrogens is 304 g/mol. The minimum absolute atomic E-state index is 0.207. The second-order valence-electron chi connectivity index (χ2n) is 5.81. The van der Waals surface area contributed by atoms with Crippen molar-refractivity contribution in [3.8, 4) is 27.6 Å². The Morgan fingerprint density at radius 3 is 2.78 bits per heavy atom. The van der Waals surface area contributed by atoms with Gasteiger partial charge in [-0.2, -0.15) is 0 Å². The molecule has 0 radical (unpaired) electrons. The van der Waals surface area contributed by atoms with Crippen molar-refractivity contribution in [2.75, 3.05) is 11.9 Å². The third kappa shape index (κ3) is 2.70. The second kappa shape index (κ2) is 5.70. The molecule has 3 nitrogen and oxygen atoms in total. The van der Waals surface area contributed by atoms with Crippen LogP contribution in [0.3, 0.4) is 0 Å². The minimum atomic E-state index is 0.207. The molecule has 2 aromatic carbocycles. The summed E-state index contributed by atoms with van der Waals surface area (Å²) in [5, 5.41) is 4.49. The largest absolute Gasteiger partial charge is 0.487 e. The summed E-state index contributed by atoms with van der Waals surface area (Å²) in [7, 11) is 0. The van der Waals surface area contributed by atoms with E-state index in [4.69, 9.17) is 9.72 Å². The van der Waals surface area contributed by atoms with Gasteiger partial charge in [-0.3, -0.25) is 0 Å². The topological polar surface area (TPSA) is 34.2 Å². The van der Waals surface area contributed by atoms with Gasteiger partial charge in [-0.05, 0) is 32.0 Å². The summed E-state index contributed by atoms with van der Waals surface area (Å²) >= 11 is 1.74. The molecule has 0 amide bonds. The van der Waals surface area contributed by atoms with E-state index in [1.807, 2.05) is 24.3 Å². The third-order valence-electron chi connectivity index (χ3n) is 3.98. The molecule has 1 aliphatic heterocycles. The van der Waals surface area contributed by atoms with Crippen LogP contribution >= 0.6 is 11.3 Å². The van der Waals surface area contributed by atoms with Gasteiger partial charge < -0.3 is 10.1 Å². The summed E-state index contributed by atoms with van der Waals surface area (Å²) in [6.45, 7) is 5.03. The Balaban J connectivity index is 1.73. The first-order chi connectivity index (χ1) is 11.2. The van der Waals surface area contributed by atoms with Gasteiger partial charge in [0.1, 0.15) is 16.9 Å². The van der Waals surface area contributed by atoms with Crippen molar-refractivity contribution in [3.63, 3.8) is 0 Å². The van der Waals surface area contributed by atoms with E-state index in [-0.39, 0.29) is 6.10 Å². The van der Waals surface area contributed by atoms with E-state index in [2.05, 4.69) is 43.4 Å². The maximum Gasteiger partial charge on any atom is 0.142 e. The zero-order chi connectivity index (χ0) is 15.8. The number of ether oxygens (including phenoxy) is 1. The van der Waals surface area contributed by atoms with Crippen LogP contribution in [0.15, 0.2) is 48.5 Å². The van der Waals surface area contributed by atoms with E-state index >= 15 is 0 Å². The van der Waals surface area contributed by atoms with Gasteiger partial charge in [0, 0.05) is 16.0 Å². The van der Waals surface area contributed by atoms with Gasteiger partial charge in [0.05, 0.1) is 17.9 Å². The lowest BCUT2D eigenvalue weighted by Gasteiger charge is -2.25. The van der Waals surface area contributed by atoms with Crippen molar-refractivity contribution in [3.05, 3.63) is 53.4 Å². The molecule has 0 fully saturated rings. The number of thiazole rings is 1. The number of hydrogen-bond acceptors (Lipinski definition) is 4. The summed E-state index contributed by atoms with van der Waals surface area (Å²) in [5.74, 6) is 0.920. The Hall–Kier alpha value is -2.33. The van der Waals surface area contributed by atoms with Crippen LogP contribution in [0.2, 0.25) is 0 Å². The molecule has 116 valence electrons. The minimum Gasteiger partial charge on any atom is -0.487 e. The van der Waals surface area contributed by atoms with E-state index in [1.54, 1.807) is 11.3 Å². The SMILES string of the molecule is Cc1sc(-c2ccccc2)nc1-c1ccc2c(c1)NCC(C)O2. The standard InChI is InChI=1S/C19H18N2OS/c1-12-11-20-16-10-15(8-9-17(16)22-12)18-13(2)23-19(21-18)14-6-4-3-5-7-14/h3-10,12,20H,11H2,1-2H3. The van der Waals surface area contributed by atoms with Crippen LogP contribution in [0.5, 0.6) is 5.75 Å². The highest BCUT2D eigenvalue weighted by Gasteiger charge is 2.18. The van der Waals surface area contributed by atoms with Crippen LogP contribution in [0.1, 0.15) is 11.8 Å². The average Bonchev–Trinajstić information content (AvgIpc) is 2.97. The zero-order valence-electron chi connectivity index (χ0n) is 13.2. The maximum absolute atomic E-state index is 5.85. The molecule has 1 aliphatic rings. The molecule has 0 spiro atoms. The number of rotatable bonds is 2. The first-order valence-electron chi connectivity index (χ1n) is 7.78. The number of nitrogens with one attached hydrogen (secondary N) is 1. The van der Waals surface area contributed by atoms with Gasteiger partial charge in [-0.25, -0.2) is 4.98 Å². The van der Waals surface area contributed by atoms with Gasteiger partial charge in [-0.15, -0.1) is 11.3 Å². The van der Waals surface area contributed by atoms with Crippen LogP contribution in [0, 0.1) is 6.92 Å². The Morgan fingerprint density at radius 1 is 1.13 bits per heavy atom. The molecule has 1 unspecified atom stereocenters. The molecule has 4 rings (SSSR count). The number of fused-ring (bicyclic) bond motifs is 1. The second-order valence-corrected chi connectivity index (χ2v) is 7.01. The lowest BCUT2D eigenvalue weighted by Crippen LogP contribution is -2.27. The van der Waals surface area contributed by atoms with Crippen LogP contribution in [0.25, 0.3) is 21.8 Å². The smallest absolute Gasteiger partial charge is 0.142 e. The summed E-state index contributed by atoms with van der Waals surface area (Å²) < 4.78 is 5.85. The fourth-order valence-corrected chi connectivity index (χ4v) is 3.74. The molecule has 1 aromatic heterocycles. The summed E-state index contributed by atoms with van der Waals surface area (Å²) in [4.78, 5) is 6.09. The van der Waals surface area contributed by atoms with Crippen molar-refractivity contribution in [2.24, 2.45) is 0 Å². The predicted octanol–water partition coefficient (Wildman–Crippen LogP) is 4.98. The fourth-order valence-electron chi connectivity index (χ4n) is 2.80. The van der Waals surface area contributed by atoms with Crippen molar-refractivity contribution in [1.29, 1.82) is 0 Å².